The summed E-state index contributed by atoms with van der Waals surface area (Å²) >= 11 is 1.29. The number of nitrogens with one attached hydrogen (secondary N) is 1. The molecule has 162 valence electrons. The van der Waals surface area contributed by atoms with E-state index in [-0.39, 0.29) is 24.0 Å². The van der Waals surface area contributed by atoms with Crippen LogP contribution in [0.2, 0.25) is 0 Å². The quantitative estimate of drug-likeness (QED) is 0.472. The average molecular weight is 449 g/mol. The minimum absolute atomic E-state index is 0.136. The van der Waals surface area contributed by atoms with Crippen molar-refractivity contribution in [1.82, 2.24) is 0 Å². The van der Waals surface area contributed by atoms with E-state index in [4.69, 9.17) is 4.74 Å². The van der Waals surface area contributed by atoms with Crippen molar-refractivity contribution in [3.63, 3.8) is 0 Å². The fourth-order valence-electron chi connectivity index (χ4n) is 2.74. The van der Waals surface area contributed by atoms with Crippen LogP contribution in [-0.2, 0) is 16.0 Å². The van der Waals surface area contributed by atoms with Crippen molar-refractivity contribution in [2.24, 2.45) is 0 Å². The van der Waals surface area contributed by atoms with Gasteiger partial charge in [-0.05, 0) is 53.9 Å². The summed E-state index contributed by atoms with van der Waals surface area (Å²) in [6.45, 7) is 2.05. The predicted octanol–water partition coefficient (Wildman–Crippen LogP) is 5.67. The standard InChI is InChI=1S/C22H18F3NO4S/c1-2-29-20(27)11-14-3-5-16(6-4-14)21(28)26-19-12-17(13-31-19)15-7-9-18(10-8-15)30-22(23,24)25/h3-10,12-13H,2,11H2,1H3,(H,26,28). The van der Waals surface area contributed by atoms with Crippen LogP contribution in [0.15, 0.2) is 60.0 Å². The molecule has 1 heterocycles. The van der Waals surface area contributed by atoms with Crippen LogP contribution in [0.4, 0.5) is 18.2 Å². The highest BCUT2D eigenvalue weighted by molar-refractivity contribution is 7.14. The third kappa shape index (κ3) is 6.58. The second-order valence-corrected chi connectivity index (χ2v) is 7.32. The average Bonchev–Trinajstić information content (AvgIpc) is 3.16. The molecule has 0 fully saturated rings. The number of amides is 1. The zero-order chi connectivity index (χ0) is 22.4. The van der Waals surface area contributed by atoms with E-state index in [2.05, 4.69) is 10.1 Å². The van der Waals surface area contributed by atoms with Crippen LogP contribution < -0.4 is 10.1 Å². The molecular weight excluding hydrogens is 431 g/mol. The zero-order valence-corrected chi connectivity index (χ0v) is 17.2. The summed E-state index contributed by atoms with van der Waals surface area (Å²) in [5, 5.41) is 5.16. The summed E-state index contributed by atoms with van der Waals surface area (Å²) in [6.07, 6.45) is -4.60. The molecule has 0 radical (unpaired) electrons. The van der Waals surface area contributed by atoms with Gasteiger partial charge in [0.25, 0.3) is 5.91 Å². The van der Waals surface area contributed by atoms with Crippen LogP contribution >= 0.6 is 11.3 Å². The van der Waals surface area contributed by atoms with Gasteiger partial charge < -0.3 is 14.8 Å². The monoisotopic (exact) mass is 449 g/mol. The van der Waals surface area contributed by atoms with Gasteiger partial charge in [-0.15, -0.1) is 24.5 Å². The Labute approximate surface area is 180 Å². The second-order valence-electron chi connectivity index (χ2n) is 6.40. The minimum atomic E-state index is -4.74. The Morgan fingerprint density at radius 1 is 1.00 bits per heavy atom. The lowest BCUT2D eigenvalue weighted by Crippen LogP contribution is -2.16. The van der Waals surface area contributed by atoms with E-state index < -0.39 is 6.36 Å². The molecule has 0 atom stereocenters. The van der Waals surface area contributed by atoms with E-state index in [1.165, 1.54) is 35.6 Å². The molecule has 1 N–H and O–H groups in total. The number of carbonyl (C=O) groups excluding carboxylic acids is 2. The smallest absolute Gasteiger partial charge is 0.466 e. The van der Waals surface area contributed by atoms with Gasteiger partial charge in [0.2, 0.25) is 0 Å². The van der Waals surface area contributed by atoms with Crippen molar-refractivity contribution in [3.8, 4) is 16.9 Å². The van der Waals surface area contributed by atoms with Crippen LogP contribution in [0.5, 0.6) is 5.75 Å². The van der Waals surface area contributed by atoms with Gasteiger partial charge in [0.15, 0.2) is 0 Å². The van der Waals surface area contributed by atoms with Gasteiger partial charge in [-0.1, -0.05) is 24.3 Å². The van der Waals surface area contributed by atoms with Gasteiger partial charge in [-0.3, -0.25) is 9.59 Å². The Bertz CT molecular complexity index is 1040. The van der Waals surface area contributed by atoms with Gasteiger partial charge in [-0.25, -0.2) is 0 Å². The highest BCUT2D eigenvalue weighted by Crippen LogP contribution is 2.31. The molecule has 31 heavy (non-hydrogen) atoms. The first-order valence-corrected chi connectivity index (χ1v) is 10.1. The molecule has 0 bridgehead atoms. The highest BCUT2D eigenvalue weighted by Gasteiger charge is 2.30. The van der Waals surface area contributed by atoms with E-state index in [0.29, 0.717) is 22.7 Å². The maximum atomic E-state index is 12.5. The number of anilines is 1. The first kappa shape index (κ1) is 22.4. The Hall–Kier alpha value is -3.33. The number of alkyl halides is 3. The number of thiophene rings is 1. The third-order valence-electron chi connectivity index (χ3n) is 4.13. The fourth-order valence-corrected chi connectivity index (χ4v) is 3.54. The van der Waals surface area contributed by atoms with Crippen LogP contribution in [0.3, 0.4) is 0 Å². The molecule has 0 aliphatic carbocycles. The van der Waals surface area contributed by atoms with E-state index in [1.807, 2.05) is 0 Å². The van der Waals surface area contributed by atoms with Crippen molar-refractivity contribution < 1.29 is 32.2 Å². The molecule has 0 spiro atoms. The summed E-state index contributed by atoms with van der Waals surface area (Å²) in [5.74, 6) is -0.944. The molecule has 9 heteroatoms. The Kier molecular flexibility index (Phi) is 6.96. The molecule has 0 aliphatic rings. The lowest BCUT2D eigenvalue weighted by molar-refractivity contribution is -0.274. The topological polar surface area (TPSA) is 64.6 Å². The van der Waals surface area contributed by atoms with Crippen LogP contribution in [-0.4, -0.2) is 24.8 Å². The SMILES string of the molecule is CCOC(=O)Cc1ccc(C(=O)Nc2cc(-c3ccc(OC(F)(F)F)cc3)cs2)cc1. The molecule has 0 saturated heterocycles. The Morgan fingerprint density at radius 3 is 2.29 bits per heavy atom. The number of hydrogen-bond donors (Lipinski definition) is 1. The number of rotatable bonds is 7. The van der Waals surface area contributed by atoms with Crippen molar-refractivity contribution in [2.75, 3.05) is 11.9 Å². The largest absolute Gasteiger partial charge is 0.573 e. The van der Waals surface area contributed by atoms with Crippen LogP contribution in [0.25, 0.3) is 11.1 Å². The zero-order valence-electron chi connectivity index (χ0n) is 16.4. The molecular formula is C22H18F3NO4S. The highest BCUT2D eigenvalue weighted by atomic mass is 32.1. The lowest BCUT2D eigenvalue weighted by Gasteiger charge is -2.08. The minimum Gasteiger partial charge on any atom is -0.466 e. The molecule has 0 aliphatic heterocycles. The van der Waals surface area contributed by atoms with E-state index >= 15 is 0 Å². The summed E-state index contributed by atoms with van der Waals surface area (Å²) in [5.41, 5.74) is 2.61. The van der Waals surface area contributed by atoms with Gasteiger partial charge in [-0.2, -0.15) is 0 Å². The van der Waals surface area contributed by atoms with Gasteiger partial charge in [0.1, 0.15) is 5.75 Å². The molecule has 3 aromatic rings. The number of halogens is 3. The molecule has 5 nitrogen and oxygen atoms in total. The molecule has 1 amide bonds. The number of carbonyl (C=O) groups is 2. The molecule has 0 unspecified atom stereocenters. The molecule has 0 saturated carbocycles. The predicted molar refractivity (Wildman–Crippen MR) is 111 cm³/mol. The van der Waals surface area contributed by atoms with Crippen LogP contribution in [0.1, 0.15) is 22.8 Å². The number of ether oxygens (including phenoxy) is 2. The van der Waals surface area contributed by atoms with Crippen molar-refractivity contribution in [2.45, 2.75) is 19.7 Å². The summed E-state index contributed by atoms with van der Waals surface area (Å²) in [6, 6.07) is 13.8. The number of hydrogen-bond acceptors (Lipinski definition) is 5. The third-order valence-corrected chi connectivity index (χ3v) is 4.97. The fraction of sp³-hybridized carbons (Fsp3) is 0.182. The van der Waals surface area contributed by atoms with Gasteiger partial charge in [0.05, 0.1) is 18.0 Å². The van der Waals surface area contributed by atoms with Gasteiger partial charge in [0, 0.05) is 10.9 Å². The summed E-state index contributed by atoms with van der Waals surface area (Å²) < 4.78 is 45.5. The first-order valence-electron chi connectivity index (χ1n) is 9.24. The van der Waals surface area contributed by atoms with Crippen molar-refractivity contribution in [3.05, 3.63) is 71.1 Å². The van der Waals surface area contributed by atoms with Crippen molar-refractivity contribution in [1.29, 1.82) is 0 Å². The Morgan fingerprint density at radius 2 is 1.68 bits per heavy atom. The van der Waals surface area contributed by atoms with E-state index in [0.717, 1.165) is 11.1 Å². The lowest BCUT2D eigenvalue weighted by atomic mass is 10.1. The first-order chi connectivity index (χ1) is 14.7. The Balaban J connectivity index is 1.61. The maximum absolute atomic E-state index is 12.5. The second kappa shape index (κ2) is 9.65. The molecule has 1 aromatic heterocycles. The molecule has 3 rings (SSSR count). The van der Waals surface area contributed by atoms with Crippen LogP contribution in [0, 0.1) is 0 Å². The number of esters is 1. The van der Waals surface area contributed by atoms with E-state index in [1.54, 1.807) is 42.6 Å². The maximum Gasteiger partial charge on any atom is 0.573 e. The molecule has 2 aromatic carbocycles. The normalized spacial score (nSPS) is 11.1. The van der Waals surface area contributed by atoms with Gasteiger partial charge >= 0.3 is 12.3 Å². The summed E-state index contributed by atoms with van der Waals surface area (Å²) in [7, 11) is 0. The van der Waals surface area contributed by atoms with Crippen molar-refractivity contribution >= 4 is 28.2 Å². The summed E-state index contributed by atoms with van der Waals surface area (Å²) in [4.78, 5) is 24.0. The number of benzene rings is 2. The van der Waals surface area contributed by atoms with E-state index in [9.17, 15) is 22.8 Å².